The molecule has 0 radical (unpaired) electrons. The van der Waals surface area contributed by atoms with Crippen LogP contribution in [-0.2, 0) is 0 Å². The second-order valence-electron chi connectivity index (χ2n) is 2.73. The molecule has 1 aromatic rings. The molecule has 0 atom stereocenters. The van der Waals surface area contributed by atoms with Crippen molar-refractivity contribution in [2.75, 3.05) is 0 Å². The molecule has 0 unspecified atom stereocenters. The first kappa shape index (κ1) is 10.4. The number of Topliss-reactive ketones (excluding diaryl/α,β-unsaturated/α-hetero) is 1. The van der Waals surface area contributed by atoms with E-state index in [2.05, 4.69) is 29.2 Å². The topological polar surface area (TPSA) is 17.1 Å². The van der Waals surface area contributed by atoms with Crippen molar-refractivity contribution in [3.63, 3.8) is 0 Å². The highest BCUT2D eigenvalue weighted by atomic mass is 127. The normalized spacial score (nSPS) is 9.62. The number of hydrogen-bond acceptors (Lipinski definition) is 1. The average Bonchev–Trinajstić information content (AvgIpc) is 2.15. The molecular weight excluding hydrogens is 275 g/mol. The summed E-state index contributed by atoms with van der Waals surface area (Å²) in [7, 11) is 0. The minimum atomic E-state index is 0.199. The molecule has 13 heavy (non-hydrogen) atoms. The minimum Gasteiger partial charge on any atom is -0.294 e. The Hall–Kier alpha value is -0.640. The van der Waals surface area contributed by atoms with Gasteiger partial charge in [0.25, 0.3) is 0 Å². The number of benzene rings is 1. The van der Waals surface area contributed by atoms with Crippen LogP contribution in [0, 0.1) is 3.57 Å². The van der Waals surface area contributed by atoms with Crippen molar-refractivity contribution in [1.29, 1.82) is 0 Å². The molecule has 1 rings (SSSR count). The quantitative estimate of drug-likeness (QED) is 0.471. The van der Waals surface area contributed by atoms with E-state index in [1.807, 2.05) is 24.3 Å². The van der Waals surface area contributed by atoms with Crippen LogP contribution in [0.1, 0.15) is 23.2 Å². The Kier molecular flexibility index (Phi) is 4.15. The fraction of sp³-hybridized carbons (Fsp3) is 0.182. The lowest BCUT2D eigenvalue weighted by Crippen LogP contribution is -2.00. The molecular formula is C11H11IO. The van der Waals surface area contributed by atoms with Crippen LogP contribution in [0.25, 0.3) is 0 Å². The summed E-state index contributed by atoms with van der Waals surface area (Å²) < 4.78 is 1.02. The molecule has 0 aromatic heterocycles. The van der Waals surface area contributed by atoms with Gasteiger partial charge < -0.3 is 0 Å². The third-order valence-corrected chi connectivity index (χ3v) is 2.69. The molecule has 0 spiro atoms. The highest BCUT2D eigenvalue weighted by molar-refractivity contribution is 14.1. The number of carbonyl (C=O) groups is 1. The highest BCUT2D eigenvalue weighted by Crippen LogP contribution is 2.14. The molecule has 0 aliphatic heterocycles. The summed E-state index contributed by atoms with van der Waals surface area (Å²) in [6.45, 7) is 3.59. The van der Waals surface area contributed by atoms with Gasteiger partial charge in [-0.25, -0.2) is 0 Å². The van der Waals surface area contributed by atoms with Crippen LogP contribution in [0.2, 0.25) is 0 Å². The molecule has 2 heteroatoms. The van der Waals surface area contributed by atoms with Crippen molar-refractivity contribution in [3.05, 3.63) is 46.1 Å². The predicted molar refractivity (Wildman–Crippen MR) is 62.9 cm³/mol. The summed E-state index contributed by atoms with van der Waals surface area (Å²) in [5, 5.41) is 0. The van der Waals surface area contributed by atoms with E-state index in [-0.39, 0.29) is 5.78 Å². The first-order valence-electron chi connectivity index (χ1n) is 4.14. The van der Waals surface area contributed by atoms with Gasteiger partial charge >= 0.3 is 0 Å². The number of allylic oxidation sites excluding steroid dienone is 1. The maximum atomic E-state index is 11.6. The van der Waals surface area contributed by atoms with Crippen molar-refractivity contribution in [3.8, 4) is 0 Å². The van der Waals surface area contributed by atoms with Crippen LogP contribution >= 0.6 is 22.6 Å². The zero-order chi connectivity index (χ0) is 9.68. The summed E-state index contributed by atoms with van der Waals surface area (Å²) in [6.07, 6.45) is 3.08. The summed E-state index contributed by atoms with van der Waals surface area (Å²) in [6, 6.07) is 7.64. The number of ketones is 1. The van der Waals surface area contributed by atoms with Crippen LogP contribution in [0.15, 0.2) is 36.9 Å². The van der Waals surface area contributed by atoms with Crippen LogP contribution < -0.4 is 0 Å². The molecule has 0 aliphatic rings. The first-order valence-corrected chi connectivity index (χ1v) is 5.22. The SMILES string of the molecule is C=CCCC(=O)c1ccccc1I. The van der Waals surface area contributed by atoms with Gasteiger partial charge in [0.05, 0.1) is 0 Å². The third kappa shape index (κ3) is 2.95. The monoisotopic (exact) mass is 286 g/mol. The van der Waals surface area contributed by atoms with Gasteiger partial charge in [0.2, 0.25) is 0 Å². The van der Waals surface area contributed by atoms with E-state index in [0.29, 0.717) is 6.42 Å². The standard InChI is InChI=1S/C11H11IO/c1-2-3-8-11(13)9-6-4-5-7-10(9)12/h2,4-7H,1,3,8H2. The van der Waals surface area contributed by atoms with Crippen LogP contribution in [0.4, 0.5) is 0 Å². The van der Waals surface area contributed by atoms with Gasteiger partial charge in [0, 0.05) is 15.6 Å². The molecule has 68 valence electrons. The first-order chi connectivity index (χ1) is 6.25. The lowest BCUT2D eigenvalue weighted by atomic mass is 10.1. The van der Waals surface area contributed by atoms with E-state index in [9.17, 15) is 4.79 Å². The molecule has 0 bridgehead atoms. The van der Waals surface area contributed by atoms with Crippen LogP contribution in [-0.4, -0.2) is 5.78 Å². The van der Waals surface area contributed by atoms with Crippen LogP contribution in [0.3, 0.4) is 0 Å². The largest absolute Gasteiger partial charge is 0.294 e. The average molecular weight is 286 g/mol. The van der Waals surface area contributed by atoms with E-state index >= 15 is 0 Å². The molecule has 0 aliphatic carbocycles. The maximum Gasteiger partial charge on any atom is 0.164 e. The lowest BCUT2D eigenvalue weighted by Gasteiger charge is -2.01. The van der Waals surface area contributed by atoms with E-state index in [4.69, 9.17) is 0 Å². The third-order valence-electron chi connectivity index (χ3n) is 1.75. The van der Waals surface area contributed by atoms with E-state index in [1.165, 1.54) is 0 Å². The number of hydrogen-bond donors (Lipinski definition) is 0. The van der Waals surface area contributed by atoms with E-state index < -0.39 is 0 Å². The van der Waals surface area contributed by atoms with Gasteiger partial charge in [-0.15, -0.1) is 6.58 Å². The molecule has 0 heterocycles. The molecule has 0 saturated heterocycles. The van der Waals surface area contributed by atoms with Gasteiger partial charge in [-0.3, -0.25) is 4.79 Å². The number of carbonyl (C=O) groups excluding carboxylic acids is 1. The predicted octanol–water partition coefficient (Wildman–Crippen LogP) is 3.44. The maximum absolute atomic E-state index is 11.6. The van der Waals surface area contributed by atoms with Gasteiger partial charge in [0.1, 0.15) is 0 Å². The van der Waals surface area contributed by atoms with Crippen molar-refractivity contribution in [1.82, 2.24) is 0 Å². The lowest BCUT2D eigenvalue weighted by molar-refractivity contribution is 0.0983. The fourth-order valence-electron chi connectivity index (χ4n) is 1.06. The summed E-state index contributed by atoms with van der Waals surface area (Å²) >= 11 is 2.18. The fourth-order valence-corrected chi connectivity index (χ4v) is 1.74. The molecule has 0 saturated carbocycles. The summed E-state index contributed by atoms with van der Waals surface area (Å²) in [4.78, 5) is 11.6. The molecule has 1 nitrogen and oxygen atoms in total. The van der Waals surface area contributed by atoms with Crippen LogP contribution in [0.5, 0.6) is 0 Å². The molecule has 0 N–H and O–H groups in total. The number of rotatable bonds is 4. The zero-order valence-electron chi connectivity index (χ0n) is 7.29. The highest BCUT2D eigenvalue weighted by Gasteiger charge is 2.07. The van der Waals surface area contributed by atoms with Crippen molar-refractivity contribution in [2.24, 2.45) is 0 Å². The molecule has 1 aromatic carbocycles. The van der Waals surface area contributed by atoms with Crippen molar-refractivity contribution < 1.29 is 4.79 Å². The Morgan fingerprint density at radius 3 is 2.77 bits per heavy atom. The molecule has 0 amide bonds. The summed E-state index contributed by atoms with van der Waals surface area (Å²) in [5.41, 5.74) is 0.824. The second-order valence-corrected chi connectivity index (χ2v) is 3.89. The van der Waals surface area contributed by atoms with Crippen molar-refractivity contribution >= 4 is 28.4 Å². The van der Waals surface area contributed by atoms with Gasteiger partial charge in [0.15, 0.2) is 5.78 Å². The zero-order valence-corrected chi connectivity index (χ0v) is 9.45. The Labute approximate surface area is 92.0 Å². The van der Waals surface area contributed by atoms with Gasteiger partial charge in [-0.2, -0.15) is 0 Å². The Bertz CT molecular complexity index is 318. The van der Waals surface area contributed by atoms with Crippen molar-refractivity contribution in [2.45, 2.75) is 12.8 Å². The summed E-state index contributed by atoms with van der Waals surface area (Å²) in [5.74, 6) is 0.199. The number of halogens is 1. The Balaban J connectivity index is 2.76. The van der Waals surface area contributed by atoms with Gasteiger partial charge in [-0.1, -0.05) is 24.3 Å². The Morgan fingerprint density at radius 1 is 1.46 bits per heavy atom. The minimum absolute atomic E-state index is 0.199. The van der Waals surface area contributed by atoms with E-state index in [1.54, 1.807) is 6.08 Å². The van der Waals surface area contributed by atoms with E-state index in [0.717, 1.165) is 15.6 Å². The Morgan fingerprint density at radius 2 is 2.15 bits per heavy atom. The molecule has 0 fully saturated rings. The second kappa shape index (κ2) is 5.17. The van der Waals surface area contributed by atoms with Gasteiger partial charge in [-0.05, 0) is 35.1 Å². The smallest absolute Gasteiger partial charge is 0.164 e.